The minimum absolute atomic E-state index is 0.0480. The third-order valence-corrected chi connectivity index (χ3v) is 4.91. The van der Waals surface area contributed by atoms with Gasteiger partial charge in [-0.2, -0.15) is 5.26 Å². The molecule has 1 aromatic carbocycles. The molecule has 2 N–H and O–H groups in total. The van der Waals surface area contributed by atoms with Crippen LogP contribution < -0.4 is 14.8 Å². The van der Waals surface area contributed by atoms with Gasteiger partial charge >= 0.3 is 0 Å². The van der Waals surface area contributed by atoms with Crippen LogP contribution in [0.5, 0.6) is 23.1 Å². The summed E-state index contributed by atoms with van der Waals surface area (Å²) < 4.78 is 11.9. The number of nitriles is 1. The molecular weight excluding hydrogens is 382 g/mol. The fourth-order valence-electron chi connectivity index (χ4n) is 3.18. The number of Topliss-reactive ketones (excluding diaryl/α,β-unsaturated/α-hetero) is 1. The lowest BCUT2D eigenvalue weighted by molar-refractivity contribution is 0.0964. The zero-order valence-electron chi connectivity index (χ0n) is 17.8. The number of fused-ring (bicyclic) bond motifs is 2. The number of aliphatic hydroxyl groups is 1. The van der Waals surface area contributed by atoms with Gasteiger partial charge in [-0.25, -0.2) is 4.98 Å². The molecule has 0 bridgehead atoms. The molecule has 3 rings (SSSR count). The fourth-order valence-corrected chi connectivity index (χ4v) is 3.18. The summed E-state index contributed by atoms with van der Waals surface area (Å²) in [6.07, 6.45) is 3.26. The third-order valence-electron chi connectivity index (χ3n) is 4.91. The Morgan fingerprint density at radius 3 is 2.73 bits per heavy atom. The Morgan fingerprint density at radius 1 is 1.30 bits per heavy atom. The summed E-state index contributed by atoms with van der Waals surface area (Å²) in [4.78, 5) is 17.3. The first-order chi connectivity index (χ1) is 14.2. The first-order valence-electron chi connectivity index (χ1n) is 10.1. The first kappa shape index (κ1) is 21.6. The second-order valence-electron chi connectivity index (χ2n) is 8.56. The van der Waals surface area contributed by atoms with Crippen molar-refractivity contribution in [2.24, 2.45) is 5.41 Å². The molecule has 0 amide bonds. The van der Waals surface area contributed by atoms with Gasteiger partial charge in [0.1, 0.15) is 0 Å². The Morgan fingerprint density at radius 2 is 2.07 bits per heavy atom. The molecule has 0 radical (unpaired) electrons. The van der Waals surface area contributed by atoms with E-state index in [4.69, 9.17) is 14.7 Å². The van der Waals surface area contributed by atoms with E-state index < -0.39 is 0 Å². The van der Waals surface area contributed by atoms with E-state index in [-0.39, 0.29) is 29.7 Å². The summed E-state index contributed by atoms with van der Waals surface area (Å²) in [6, 6.07) is 7.03. The van der Waals surface area contributed by atoms with Gasteiger partial charge in [0.25, 0.3) is 5.88 Å². The summed E-state index contributed by atoms with van der Waals surface area (Å²) in [5.74, 6) is 1.43. The van der Waals surface area contributed by atoms with Crippen LogP contribution in [0, 0.1) is 16.7 Å². The maximum Gasteiger partial charge on any atom is 0.265 e. The predicted octanol–water partition coefficient (Wildman–Crippen LogP) is 5.04. The van der Waals surface area contributed by atoms with Crippen LogP contribution in [0.4, 0.5) is 5.69 Å². The molecule has 7 nitrogen and oxygen atoms in total. The van der Waals surface area contributed by atoms with Gasteiger partial charge in [-0.05, 0) is 44.2 Å². The molecule has 2 aromatic rings. The van der Waals surface area contributed by atoms with Crippen molar-refractivity contribution in [1.29, 1.82) is 5.26 Å². The number of nitrogens with one attached hydrogen (secondary N) is 1. The third kappa shape index (κ3) is 4.71. The van der Waals surface area contributed by atoms with E-state index in [0.717, 1.165) is 6.42 Å². The normalized spacial score (nSPS) is 12.3. The van der Waals surface area contributed by atoms with Crippen molar-refractivity contribution in [3.05, 3.63) is 35.5 Å². The molecule has 1 aromatic heterocycles. The molecule has 0 fully saturated rings. The molecule has 0 atom stereocenters. The van der Waals surface area contributed by atoms with Crippen molar-refractivity contribution in [1.82, 2.24) is 4.98 Å². The summed E-state index contributed by atoms with van der Waals surface area (Å²) in [5, 5.41) is 21.9. The summed E-state index contributed by atoms with van der Waals surface area (Å²) in [5.41, 5.74) is 1.21. The number of aliphatic hydroxyl groups excluding tert-OH is 1. The minimum atomic E-state index is -0.216. The monoisotopic (exact) mass is 409 g/mol. The number of rotatable bonds is 8. The van der Waals surface area contributed by atoms with E-state index in [1.54, 1.807) is 18.2 Å². The highest BCUT2D eigenvalue weighted by atomic mass is 16.6. The SMILES string of the molecule is CC(C)Nc1c(C(=O)CCCC(C)(C)CO)cnc2c1Oc1cc(C#N)ccc1O2. The fraction of sp³-hybridized carbons (Fsp3) is 0.435. The molecular formula is C23H27N3O4. The number of ether oxygens (including phenoxy) is 2. The summed E-state index contributed by atoms with van der Waals surface area (Å²) >= 11 is 0. The van der Waals surface area contributed by atoms with Crippen molar-refractivity contribution < 1.29 is 19.4 Å². The Hall–Kier alpha value is -3.11. The first-order valence-corrected chi connectivity index (χ1v) is 10.1. The van der Waals surface area contributed by atoms with Crippen LogP contribution in [-0.4, -0.2) is 28.5 Å². The summed E-state index contributed by atoms with van der Waals surface area (Å²) in [7, 11) is 0. The van der Waals surface area contributed by atoms with E-state index in [1.165, 1.54) is 6.20 Å². The van der Waals surface area contributed by atoms with E-state index in [1.807, 2.05) is 27.7 Å². The molecule has 30 heavy (non-hydrogen) atoms. The highest BCUT2D eigenvalue weighted by Gasteiger charge is 2.28. The van der Waals surface area contributed by atoms with Crippen LogP contribution in [0.15, 0.2) is 24.4 Å². The van der Waals surface area contributed by atoms with Gasteiger partial charge in [0.2, 0.25) is 5.75 Å². The zero-order valence-corrected chi connectivity index (χ0v) is 17.8. The maximum absolute atomic E-state index is 13.0. The lowest BCUT2D eigenvalue weighted by Crippen LogP contribution is -2.18. The van der Waals surface area contributed by atoms with Gasteiger partial charge < -0.3 is 19.9 Å². The molecule has 0 aliphatic carbocycles. The smallest absolute Gasteiger partial charge is 0.265 e. The number of carbonyl (C=O) groups excluding carboxylic acids is 1. The van der Waals surface area contributed by atoms with E-state index in [0.29, 0.717) is 46.9 Å². The molecule has 1 aliphatic rings. The van der Waals surface area contributed by atoms with Gasteiger partial charge in [-0.15, -0.1) is 0 Å². The maximum atomic E-state index is 13.0. The largest absolute Gasteiger partial charge is 0.445 e. The zero-order chi connectivity index (χ0) is 21.9. The molecule has 158 valence electrons. The van der Waals surface area contributed by atoms with Crippen LogP contribution in [0.25, 0.3) is 0 Å². The number of anilines is 1. The Labute approximate surface area is 176 Å². The molecule has 7 heteroatoms. The van der Waals surface area contributed by atoms with Crippen molar-refractivity contribution in [2.75, 3.05) is 11.9 Å². The number of benzene rings is 1. The van der Waals surface area contributed by atoms with Gasteiger partial charge in [-0.3, -0.25) is 4.79 Å². The number of ketones is 1. The molecule has 0 saturated heterocycles. The van der Waals surface area contributed by atoms with Gasteiger partial charge in [-0.1, -0.05) is 13.8 Å². The molecule has 1 aliphatic heterocycles. The Balaban J connectivity index is 1.91. The number of pyridine rings is 1. The van der Waals surface area contributed by atoms with Gasteiger partial charge in [0, 0.05) is 31.3 Å². The second kappa shape index (κ2) is 8.72. The van der Waals surface area contributed by atoms with E-state index in [9.17, 15) is 9.90 Å². The van der Waals surface area contributed by atoms with Crippen LogP contribution in [0.3, 0.4) is 0 Å². The number of hydrogen-bond acceptors (Lipinski definition) is 7. The van der Waals surface area contributed by atoms with Crippen LogP contribution in [-0.2, 0) is 0 Å². The Bertz CT molecular complexity index is 993. The van der Waals surface area contributed by atoms with Crippen molar-refractivity contribution in [2.45, 2.75) is 53.0 Å². The highest BCUT2D eigenvalue weighted by Crippen LogP contribution is 2.49. The van der Waals surface area contributed by atoms with Crippen molar-refractivity contribution in [3.8, 4) is 29.2 Å². The molecule has 0 saturated carbocycles. The number of carbonyl (C=O) groups is 1. The van der Waals surface area contributed by atoms with Crippen LogP contribution in [0.2, 0.25) is 0 Å². The summed E-state index contributed by atoms with van der Waals surface area (Å²) in [6.45, 7) is 7.97. The number of aromatic nitrogens is 1. The number of nitrogens with zero attached hydrogens (tertiary/aromatic N) is 2. The standard InChI is InChI=1S/C23H27N3O4/c1-14(2)26-20-16(17(28)6-5-9-23(3,4)13-27)12-25-22-21(20)29-19-10-15(11-24)7-8-18(19)30-22/h7-8,10,12,14,27H,5-6,9,13H2,1-4H3,(H,25,26). The molecule has 2 heterocycles. The van der Waals surface area contributed by atoms with Gasteiger partial charge in [0.05, 0.1) is 22.9 Å². The molecule has 0 unspecified atom stereocenters. The van der Waals surface area contributed by atoms with Crippen LogP contribution in [0.1, 0.15) is 62.9 Å². The van der Waals surface area contributed by atoms with E-state index >= 15 is 0 Å². The van der Waals surface area contributed by atoms with Crippen molar-refractivity contribution >= 4 is 11.5 Å². The topological polar surface area (TPSA) is 104 Å². The predicted molar refractivity (Wildman–Crippen MR) is 113 cm³/mol. The van der Waals surface area contributed by atoms with Gasteiger partial charge in [0.15, 0.2) is 17.3 Å². The Kier molecular flexibility index (Phi) is 6.28. The lowest BCUT2D eigenvalue weighted by atomic mass is 9.87. The van der Waals surface area contributed by atoms with Crippen LogP contribution >= 0.6 is 0 Å². The highest BCUT2D eigenvalue weighted by molar-refractivity contribution is 6.02. The minimum Gasteiger partial charge on any atom is -0.445 e. The van der Waals surface area contributed by atoms with Crippen molar-refractivity contribution in [3.63, 3.8) is 0 Å². The quantitative estimate of drug-likeness (QED) is 0.502. The van der Waals surface area contributed by atoms with E-state index in [2.05, 4.69) is 16.4 Å². The lowest BCUT2D eigenvalue weighted by Gasteiger charge is -2.25. The second-order valence-corrected chi connectivity index (χ2v) is 8.56. The average molecular weight is 409 g/mol. The average Bonchev–Trinajstić information content (AvgIpc) is 2.71. The molecule has 0 spiro atoms. The number of hydrogen-bond donors (Lipinski definition) is 2.